The van der Waals surface area contributed by atoms with Crippen molar-refractivity contribution < 1.29 is 0 Å². The maximum atomic E-state index is 5.46. The van der Waals surface area contributed by atoms with Crippen LogP contribution < -0.4 is 0 Å². The van der Waals surface area contributed by atoms with Gasteiger partial charge in [0.2, 0.25) is 0 Å². The van der Waals surface area contributed by atoms with Crippen molar-refractivity contribution in [1.29, 1.82) is 0 Å². The molecule has 0 nitrogen and oxygen atoms in total. The summed E-state index contributed by atoms with van der Waals surface area (Å²) in [5, 5.41) is 0. The van der Waals surface area contributed by atoms with Crippen LogP contribution in [0.5, 0.6) is 0 Å². The van der Waals surface area contributed by atoms with Crippen LogP contribution in [-0.4, -0.2) is 8.07 Å². The van der Waals surface area contributed by atoms with Gasteiger partial charge in [-0.05, 0) is 18.2 Å². The Hall–Kier alpha value is -1.88. The van der Waals surface area contributed by atoms with E-state index in [-0.39, 0.29) is 0 Å². The molecule has 0 spiro atoms. The quantitative estimate of drug-likeness (QED) is 0.491. The summed E-state index contributed by atoms with van der Waals surface area (Å²) < 4.78 is 0. The van der Waals surface area contributed by atoms with Gasteiger partial charge in [0.25, 0.3) is 8.07 Å². The molecule has 0 amide bonds. The van der Waals surface area contributed by atoms with E-state index in [0.29, 0.717) is 0 Å². The first-order chi connectivity index (χ1) is 7.26. The molecule has 0 aliphatic carbocycles. The zero-order valence-corrected chi connectivity index (χ0v) is 9.75. The third-order valence-corrected chi connectivity index (χ3v) is 4.82. The summed E-state index contributed by atoms with van der Waals surface area (Å²) in [6.07, 6.45) is 10.9. The lowest BCUT2D eigenvalue weighted by Crippen LogP contribution is -2.28. The van der Waals surface area contributed by atoms with E-state index in [1.165, 1.54) is 0 Å². The highest BCUT2D eigenvalue weighted by Gasteiger charge is 2.23. The van der Waals surface area contributed by atoms with Crippen LogP contribution >= 0.6 is 0 Å². The first-order valence-corrected chi connectivity index (χ1v) is 7.01. The molecule has 1 aromatic rings. The minimum Gasteiger partial charge on any atom is -0.125 e. The molecule has 0 radical (unpaired) electrons. The molecule has 0 aliphatic rings. The van der Waals surface area contributed by atoms with Gasteiger partial charge in [0.1, 0.15) is 0 Å². The lowest BCUT2D eigenvalue weighted by Gasteiger charge is -2.07. The molecule has 0 atom stereocenters. The highest BCUT2D eigenvalue weighted by atomic mass is 28.3. The molecule has 0 saturated heterocycles. The van der Waals surface area contributed by atoms with Crippen molar-refractivity contribution in [2.75, 3.05) is 0 Å². The lowest BCUT2D eigenvalue weighted by molar-refractivity contribution is 1.43. The third-order valence-electron chi connectivity index (χ3n) is 2.22. The fourth-order valence-corrected chi connectivity index (χ4v) is 2.28. The van der Waals surface area contributed by atoms with Gasteiger partial charge in [0, 0.05) is 5.56 Å². The monoisotopic (exact) mass is 208 g/mol. The van der Waals surface area contributed by atoms with E-state index in [0.717, 1.165) is 11.6 Å². The topological polar surface area (TPSA) is 0 Å². The Balaban J connectivity index is 3.01. The Kier molecular flexibility index (Phi) is 3.81. The second kappa shape index (κ2) is 5.11. The Morgan fingerprint density at radius 3 is 2.20 bits per heavy atom. The number of benzene rings is 1. The van der Waals surface area contributed by atoms with Gasteiger partial charge >= 0.3 is 0 Å². The molecule has 0 bridgehead atoms. The molecule has 0 fully saturated rings. The van der Waals surface area contributed by atoms with Crippen LogP contribution in [0.3, 0.4) is 0 Å². The minimum absolute atomic E-state index is 0.805. The van der Waals surface area contributed by atoms with E-state index < -0.39 is 8.07 Å². The second-order valence-electron chi connectivity index (χ2n) is 3.16. The van der Waals surface area contributed by atoms with E-state index in [1.807, 2.05) is 37.3 Å². The third kappa shape index (κ3) is 2.78. The summed E-state index contributed by atoms with van der Waals surface area (Å²) in [4.78, 5) is 0. The Labute approximate surface area is 92.7 Å². The number of hydrogen-bond acceptors (Lipinski definition) is 0. The van der Waals surface area contributed by atoms with Crippen molar-refractivity contribution in [3.63, 3.8) is 0 Å². The number of terminal acetylenes is 2. The SMILES string of the molecule is C#C[Si](C#C)(C#Cc1ccccc1)CC. The van der Waals surface area contributed by atoms with Gasteiger partial charge in [-0.3, -0.25) is 0 Å². The normalized spacial score (nSPS) is 9.27. The molecule has 0 saturated carbocycles. The smallest absolute Gasteiger partial charge is 0.125 e. The Morgan fingerprint density at radius 2 is 1.73 bits per heavy atom. The van der Waals surface area contributed by atoms with Crippen LogP contribution in [-0.2, 0) is 0 Å². The molecule has 0 heterocycles. The zero-order chi connectivity index (χ0) is 11.1. The van der Waals surface area contributed by atoms with Crippen LogP contribution in [0.1, 0.15) is 12.5 Å². The largest absolute Gasteiger partial charge is 0.290 e. The van der Waals surface area contributed by atoms with Crippen LogP contribution in [0.15, 0.2) is 30.3 Å². The molecular formula is C14H12Si. The maximum Gasteiger partial charge on any atom is 0.290 e. The van der Waals surface area contributed by atoms with Gasteiger partial charge in [-0.15, -0.1) is 23.9 Å². The highest BCUT2D eigenvalue weighted by molar-refractivity contribution is 7.00. The molecule has 1 aromatic carbocycles. The Morgan fingerprint density at radius 1 is 1.13 bits per heavy atom. The molecule has 0 unspecified atom stereocenters. The molecule has 15 heavy (non-hydrogen) atoms. The van der Waals surface area contributed by atoms with Crippen molar-refractivity contribution in [3.05, 3.63) is 35.9 Å². The molecule has 1 heteroatoms. The van der Waals surface area contributed by atoms with Crippen molar-refractivity contribution in [1.82, 2.24) is 0 Å². The van der Waals surface area contributed by atoms with Gasteiger partial charge in [0.05, 0.1) is 0 Å². The standard InChI is InChI=1S/C14H12Si/c1-4-15(5-2,6-3)13-12-14-10-8-7-9-11-14/h1-2,7-11H,6H2,3H3. The summed E-state index contributed by atoms with van der Waals surface area (Å²) in [7, 11) is -2.21. The minimum atomic E-state index is -2.21. The zero-order valence-electron chi connectivity index (χ0n) is 8.75. The van der Waals surface area contributed by atoms with Crippen molar-refractivity contribution >= 4 is 8.07 Å². The molecule has 1 rings (SSSR count). The van der Waals surface area contributed by atoms with Crippen LogP contribution in [0.4, 0.5) is 0 Å². The molecular weight excluding hydrogens is 196 g/mol. The summed E-state index contributed by atoms with van der Waals surface area (Å²) in [6.45, 7) is 2.01. The fourth-order valence-electron chi connectivity index (χ4n) is 1.11. The summed E-state index contributed by atoms with van der Waals surface area (Å²) in [5.41, 5.74) is 9.51. The predicted molar refractivity (Wildman–Crippen MR) is 67.2 cm³/mol. The van der Waals surface area contributed by atoms with Crippen LogP contribution in [0.2, 0.25) is 6.04 Å². The first kappa shape index (κ1) is 11.2. The van der Waals surface area contributed by atoms with Crippen molar-refractivity contribution in [2.45, 2.75) is 13.0 Å². The fraction of sp³-hybridized carbons (Fsp3) is 0.143. The van der Waals surface area contributed by atoms with E-state index in [2.05, 4.69) is 22.6 Å². The molecule has 0 aromatic heterocycles. The van der Waals surface area contributed by atoms with E-state index in [4.69, 9.17) is 12.8 Å². The average Bonchev–Trinajstić information content (AvgIpc) is 2.33. The van der Waals surface area contributed by atoms with Gasteiger partial charge in [-0.25, -0.2) is 0 Å². The van der Waals surface area contributed by atoms with Crippen molar-refractivity contribution in [2.24, 2.45) is 0 Å². The van der Waals surface area contributed by atoms with Gasteiger partial charge in [-0.1, -0.05) is 36.6 Å². The second-order valence-corrected chi connectivity index (χ2v) is 6.51. The summed E-state index contributed by atoms with van der Waals surface area (Å²) in [6, 6.07) is 10.6. The van der Waals surface area contributed by atoms with Crippen molar-refractivity contribution in [3.8, 4) is 35.4 Å². The maximum absolute atomic E-state index is 5.46. The van der Waals surface area contributed by atoms with E-state index in [9.17, 15) is 0 Å². The highest BCUT2D eigenvalue weighted by Crippen LogP contribution is 2.05. The molecule has 0 N–H and O–H groups in total. The van der Waals surface area contributed by atoms with Gasteiger partial charge in [-0.2, -0.15) is 0 Å². The van der Waals surface area contributed by atoms with Crippen LogP contribution in [0.25, 0.3) is 0 Å². The van der Waals surface area contributed by atoms with Crippen LogP contribution in [0, 0.1) is 35.4 Å². The van der Waals surface area contributed by atoms with Gasteiger partial charge in [0.15, 0.2) is 0 Å². The predicted octanol–water partition coefficient (Wildman–Crippen LogP) is 2.39. The number of hydrogen-bond donors (Lipinski definition) is 0. The van der Waals surface area contributed by atoms with Gasteiger partial charge < -0.3 is 0 Å². The van der Waals surface area contributed by atoms with E-state index >= 15 is 0 Å². The lowest BCUT2D eigenvalue weighted by atomic mass is 10.2. The summed E-state index contributed by atoms with van der Waals surface area (Å²) in [5.74, 6) is 3.07. The number of rotatable bonds is 1. The molecule has 0 aliphatic heterocycles. The first-order valence-electron chi connectivity index (χ1n) is 4.80. The average molecular weight is 208 g/mol. The Bertz CT molecular complexity index is 446. The van der Waals surface area contributed by atoms with E-state index in [1.54, 1.807) is 0 Å². The summed E-state index contributed by atoms with van der Waals surface area (Å²) >= 11 is 0. The molecule has 72 valence electrons.